The predicted octanol–water partition coefficient (Wildman–Crippen LogP) is 2.81. The van der Waals surface area contributed by atoms with E-state index in [-0.39, 0.29) is 24.3 Å². The number of hydrogen-bond acceptors (Lipinski definition) is 2. The van der Waals surface area contributed by atoms with Gasteiger partial charge in [0.15, 0.2) is 0 Å². The van der Waals surface area contributed by atoms with Gasteiger partial charge >= 0.3 is 0 Å². The molecule has 0 radical (unpaired) electrons. The van der Waals surface area contributed by atoms with Gasteiger partial charge in [0.2, 0.25) is 0 Å². The van der Waals surface area contributed by atoms with E-state index in [0.717, 1.165) is 19.3 Å². The molecule has 0 spiro atoms. The number of benzene rings is 1. The Hall–Kier alpha value is -0.640. The highest BCUT2D eigenvalue weighted by atomic mass is 35.5. The van der Waals surface area contributed by atoms with Crippen LogP contribution in [0.15, 0.2) is 24.3 Å². The largest absolute Gasteiger partial charge is 0.387 e. The summed E-state index contributed by atoms with van der Waals surface area (Å²) >= 11 is 0. The molecule has 1 aromatic carbocycles. The Morgan fingerprint density at radius 3 is 2.82 bits per heavy atom. The monoisotopic (exact) mass is 259 g/mol. The molecule has 0 aromatic heterocycles. The molecule has 1 aliphatic heterocycles. The second-order valence-electron chi connectivity index (χ2n) is 4.49. The van der Waals surface area contributed by atoms with Crippen LogP contribution in [0.2, 0.25) is 0 Å². The minimum atomic E-state index is -0.594. The van der Waals surface area contributed by atoms with Crippen LogP contribution < -0.4 is 5.32 Å². The van der Waals surface area contributed by atoms with Gasteiger partial charge in [-0.2, -0.15) is 0 Å². The van der Waals surface area contributed by atoms with Crippen LogP contribution in [0.5, 0.6) is 0 Å². The lowest BCUT2D eigenvalue weighted by molar-refractivity contribution is 0.0673. The molecule has 0 bridgehead atoms. The third-order valence-electron chi connectivity index (χ3n) is 3.20. The Balaban J connectivity index is 0.00000144. The van der Waals surface area contributed by atoms with Crippen LogP contribution in [-0.2, 0) is 0 Å². The molecule has 1 aromatic rings. The lowest BCUT2D eigenvalue weighted by atomic mass is 9.87. The van der Waals surface area contributed by atoms with Gasteiger partial charge in [-0.15, -0.1) is 12.4 Å². The molecule has 96 valence electrons. The van der Waals surface area contributed by atoms with Gasteiger partial charge in [-0.3, -0.25) is 0 Å². The van der Waals surface area contributed by atoms with Crippen LogP contribution in [0.3, 0.4) is 0 Å². The lowest BCUT2D eigenvalue weighted by Gasteiger charge is -2.40. The average molecular weight is 260 g/mol. The highest BCUT2D eigenvalue weighted by molar-refractivity contribution is 5.85. The van der Waals surface area contributed by atoms with Crippen LogP contribution in [0, 0.1) is 5.82 Å². The molecule has 0 amide bonds. The molecule has 2 rings (SSSR count). The van der Waals surface area contributed by atoms with Crippen molar-refractivity contribution in [1.82, 2.24) is 5.32 Å². The Bertz CT molecular complexity index is 355. The van der Waals surface area contributed by atoms with Crippen molar-refractivity contribution in [1.29, 1.82) is 0 Å². The summed E-state index contributed by atoms with van der Waals surface area (Å²) in [6.45, 7) is 2.15. The summed E-state index contributed by atoms with van der Waals surface area (Å²) in [7, 11) is 0. The van der Waals surface area contributed by atoms with E-state index in [9.17, 15) is 9.50 Å². The molecule has 2 N–H and O–H groups in total. The topological polar surface area (TPSA) is 32.3 Å². The van der Waals surface area contributed by atoms with Gasteiger partial charge in [-0.1, -0.05) is 25.5 Å². The summed E-state index contributed by atoms with van der Waals surface area (Å²) in [6.07, 6.45) is 2.68. The van der Waals surface area contributed by atoms with Crippen LogP contribution in [-0.4, -0.2) is 17.2 Å². The van der Waals surface area contributed by atoms with Crippen molar-refractivity contribution in [3.05, 3.63) is 35.6 Å². The van der Waals surface area contributed by atoms with E-state index in [4.69, 9.17) is 0 Å². The highest BCUT2D eigenvalue weighted by Gasteiger charge is 2.33. The van der Waals surface area contributed by atoms with E-state index in [2.05, 4.69) is 12.2 Å². The summed E-state index contributed by atoms with van der Waals surface area (Å²) in [5, 5.41) is 13.3. The molecule has 1 saturated heterocycles. The normalized spacial score (nSPS) is 24.6. The Labute approximate surface area is 108 Å². The van der Waals surface area contributed by atoms with Crippen molar-refractivity contribution in [2.45, 2.75) is 44.4 Å². The van der Waals surface area contributed by atoms with Crippen LogP contribution in [0.1, 0.15) is 37.9 Å². The fourth-order valence-corrected chi connectivity index (χ4v) is 2.28. The minimum Gasteiger partial charge on any atom is -0.387 e. The maximum Gasteiger partial charge on any atom is 0.123 e. The number of nitrogens with one attached hydrogen (secondary N) is 1. The van der Waals surface area contributed by atoms with E-state index in [1.165, 1.54) is 12.1 Å². The number of aliphatic hydroxyl groups excluding tert-OH is 1. The average Bonchev–Trinajstić information content (AvgIpc) is 2.22. The molecule has 2 nitrogen and oxygen atoms in total. The van der Waals surface area contributed by atoms with Gasteiger partial charge in [-0.05, 0) is 30.5 Å². The molecule has 0 saturated carbocycles. The maximum atomic E-state index is 13.0. The Morgan fingerprint density at radius 1 is 1.53 bits per heavy atom. The Kier molecular flexibility index (Phi) is 5.37. The van der Waals surface area contributed by atoms with Crippen molar-refractivity contribution in [3.63, 3.8) is 0 Å². The summed E-state index contributed by atoms with van der Waals surface area (Å²) in [5.41, 5.74) is 0.660. The second-order valence-corrected chi connectivity index (χ2v) is 4.49. The zero-order valence-corrected chi connectivity index (χ0v) is 10.7. The quantitative estimate of drug-likeness (QED) is 0.872. The predicted molar refractivity (Wildman–Crippen MR) is 68.8 cm³/mol. The molecule has 0 unspecified atom stereocenters. The van der Waals surface area contributed by atoms with Gasteiger partial charge in [0.1, 0.15) is 5.82 Å². The van der Waals surface area contributed by atoms with E-state index in [1.54, 1.807) is 12.1 Å². The molecular weight excluding hydrogens is 241 g/mol. The molecule has 0 aliphatic carbocycles. The second kappa shape index (κ2) is 6.34. The van der Waals surface area contributed by atoms with Crippen LogP contribution >= 0.6 is 12.4 Å². The van der Waals surface area contributed by atoms with Gasteiger partial charge in [0, 0.05) is 12.1 Å². The van der Waals surface area contributed by atoms with Crippen molar-refractivity contribution in [2.24, 2.45) is 0 Å². The zero-order valence-electron chi connectivity index (χ0n) is 9.90. The van der Waals surface area contributed by atoms with Crippen LogP contribution in [0.25, 0.3) is 0 Å². The summed E-state index contributed by atoms with van der Waals surface area (Å²) < 4.78 is 13.0. The minimum absolute atomic E-state index is 0. The molecule has 3 atom stereocenters. The van der Waals surface area contributed by atoms with E-state index < -0.39 is 6.10 Å². The highest BCUT2D eigenvalue weighted by Crippen LogP contribution is 2.28. The molecule has 1 aliphatic rings. The molecule has 17 heavy (non-hydrogen) atoms. The van der Waals surface area contributed by atoms with Gasteiger partial charge in [-0.25, -0.2) is 4.39 Å². The van der Waals surface area contributed by atoms with Crippen molar-refractivity contribution >= 4 is 12.4 Å². The fraction of sp³-hybridized carbons (Fsp3) is 0.538. The molecular formula is C13H19ClFNO. The van der Waals surface area contributed by atoms with Crippen molar-refractivity contribution < 1.29 is 9.50 Å². The van der Waals surface area contributed by atoms with Crippen molar-refractivity contribution in [2.75, 3.05) is 0 Å². The number of halogens is 2. The van der Waals surface area contributed by atoms with Crippen molar-refractivity contribution in [3.8, 4) is 0 Å². The SMILES string of the molecule is CCC[C@@H]1C[C@H]([C@H](O)c2cccc(F)c2)N1.Cl. The third kappa shape index (κ3) is 3.41. The fourth-order valence-electron chi connectivity index (χ4n) is 2.28. The van der Waals surface area contributed by atoms with Gasteiger partial charge < -0.3 is 10.4 Å². The lowest BCUT2D eigenvalue weighted by Crippen LogP contribution is -2.55. The third-order valence-corrected chi connectivity index (χ3v) is 3.20. The zero-order chi connectivity index (χ0) is 11.5. The van der Waals surface area contributed by atoms with E-state index in [1.807, 2.05) is 0 Å². The standard InChI is InChI=1S/C13H18FNO.ClH/c1-2-4-11-8-12(15-11)13(16)9-5-3-6-10(14)7-9;/h3,5-7,11-13,15-16H,2,4,8H2,1H3;1H/t11-,12-,13-;/m1./s1. The van der Waals surface area contributed by atoms with Gasteiger partial charge in [0.25, 0.3) is 0 Å². The van der Waals surface area contributed by atoms with E-state index >= 15 is 0 Å². The molecule has 4 heteroatoms. The number of rotatable bonds is 4. The maximum absolute atomic E-state index is 13.0. The smallest absolute Gasteiger partial charge is 0.123 e. The number of hydrogen-bond donors (Lipinski definition) is 2. The number of aliphatic hydroxyl groups is 1. The molecule has 1 heterocycles. The first-order chi connectivity index (χ1) is 7.70. The Morgan fingerprint density at radius 2 is 2.24 bits per heavy atom. The summed E-state index contributed by atoms with van der Waals surface area (Å²) in [5.74, 6) is -0.291. The van der Waals surface area contributed by atoms with E-state index in [0.29, 0.717) is 11.6 Å². The summed E-state index contributed by atoms with van der Waals surface area (Å²) in [4.78, 5) is 0. The first kappa shape index (κ1) is 14.4. The van der Waals surface area contributed by atoms with Crippen LogP contribution in [0.4, 0.5) is 4.39 Å². The first-order valence-electron chi connectivity index (χ1n) is 5.90. The first-order valence-corrected chi connectivity index (χ1v) is 5.90. The molecule has 1 fully saturated rings. The van der Waals surface area contributed by atoms with Gasteiger partial charge in [0.05, 0.1) is 6.10 Å². The summed E-state index contributed by atoms with van der Waals surface area (Å²) in [6, 6.07) is 6.80.